The Labute approximate surface area is 121 Å². The second-order valence-electron chi connectivity index (χ2n) is 5.65. The number of benzene rings is 2. The average molecular weight is 266 g/mol. The molecule has 2 atom stereocenters. The van der Waals surface area contributed by atoms with E-state index in [4.69, 9.17) is 0 Å². The van der Waals surface area contributed by atoms with E-state index in [1.165, 1.54) is 30.6 Å². The molecule has 2 heteroatoms. The molecule has 20 heavy (non-hydrogen) atoms. The van der Waals surface area contributed by atoms with Gasteiger partial charge in [0.05, 0.1) is 11.4 Å². The lowest BCUT2D eigenvalue weighted by molar-refractivity contribution is 0.432. The lowest BCUT2D eigenvalue weighted by Crippen LogP contribution is -2.43. The Morgan fingerprint density at radius 2 is 1.40 bits per heavy atom. The predicted molar refractivity (Wildman–Crippen MR) is 85.0 cm³/mol. The average Bonchev–Trinajstić information content (AvgIpc) is 2.92. The van der Waals surface area contributed by atoms with Crippen LogP contribution in [0.25, 0.3) is 0 Å². The van der Waals surface area contributed by atoms with Crippen LogP contribution in [0.3, 0.4) is 0 Å². The molecule has 104 valence electrons. The molecule has 1 aliphatic rings. The van der Waals surface area contributed by atoms with Gasteiger partial charge in [0.1, 0.15) is 0 Å². The van der Waals surface area contributed by atoms with Crippen molar-refractivity contribution in [1.29, 1.82) is 0 Å². The van der Waals surface area contributed by atoms with Crippen molar-refractivity contribution in [3.63, 3.8) is 0 Å². The highest BCUT2D eigenvalue weighted by Gasteiger charge is 2.25. The lowest BCUT2D eigenvalue weighted by Gasteiger charge is -2.31. The van der Waals surface area contributed by atoms with Gasteiger partial charge in [-0.1, -0.05) is 49.7 Å². The first kappa shape index (κ1) is 13.2. The van der Waals surface area contributed by atoms with E-state index in [2.05, 4.69) is 78.0 Å². The van der Waals surface area contributed by atoms with E-state index in [0.717, 1.165) is 5.92 Å². The molecule has 0 saturated heterocycles. The van der Waals surface area contributed by atoms with Gasteiger partial charge in [-0.05, 0) is 43.0 Å². The maximum Gasteiger partial charge on any atom is 0.0577 e. The van der Waals surface area contributed by atoms with E-state index in [1.54, 1.807) is 0 Å². The maximum atomic E-state index is 3.73. The molecule has 2 aromatic carbocycles. The number of hydrazine groups is 1. The van der Waals surface area contributed by atoms with Crippen LogP contribution >= 0.6 is 0 Å². The summed E-state index contributed by atoms with van der Waals surface area (Å²) in [6.45, 7) is 2.35. The number of hydrogen-bond acceptors (Lipinski definition) is 2. The van der Waals surface area contributed by atoms with Crippen LogP contribution in [0.4, 0.5) is 11.4 Å². The normalized spacial score (nSPS) is 21.9. The van der Waals surface area contributed by atoms with Gasteiger partial charge < -0.3 is 0 Å². The zero-order valence-electron chi connectivity index (χ0n) is 12.0. The fraction of sp³-hybridized carbons (Fsp3) is 0.333. The monoisotopic (exact) mass is 266 g/mol. The Bertz CT molecular complexity index is 484. The van der Waals surface area contributed by atoms with Crippen molar-refractivity contribution < 1.29 is 0 Å². The predicted octanol–water partition coefficient (Wildman–Crippen LogP) is 4.52. The summed E-state index contributed by atoms with van der Waals surface area (Å²) in [6.07, 6.45) is 3.92. The zero-order chi connectivity index (χ0) is 13.8. The number of anilines is 2. The molecule has 0 aromatic heterocycles. The molecule has 1 N–H and O–H groups in total. The van der Waals surface area contributed by atoms with Crippen molar-refractivity contribution in [3.8, 4) is 0 Å². The van der Waals surface area contributed by atoms with Crippen LogP contribution < -0.4 is 10.4 Å². The van der Waals surface area contributed by atoms with E-state index in [0.29, 0.717) is 6.04 Å². The lowest BCUT2D eigenvalue weighted by atomic mass is 10.1. The molecule has 0 heterocycles. The summed E-state index contributed by atoms with van der Waals surface area (Å²) in [5.41, 5.74) is 6.12. The number of nitrogens with zero attached hydrogens (tertiary/aromatic N) is 1. The zero-order valence-corrected chi connectivity index (χ0v) is 12.0. The summed E-state index contributed by atoms with van der Waals surface area (Å²) in [5, 5.41) is 2.23. The van der Waals surface area contributed by atoms with Crippen LogP contribution in [0, 0.1) is 5.92 Å². The van der Waals surface area contributed by atoms with E-state index in [-0.39, 0.29) is 0 Å². The van der Waals surface area contributed by atoms with Crippen molar-refractivity contribution in [2.45, 2.75) is 32.2 Å². The summed E-state index contributed by atoms with van der Waals surface area (Å²) in [5.74, 6) is 0.741. The van der Waals surface area contributed by atoms with E-state index >= 15 is 0 Å². The highest BCUT2D eigenvalue weighted by atomic mass is 15.5. The molecule has 1 saturated carbocycles. The summed E-state index contributed by atoms with van der Waals surface area (Å²) in [4.78, 5) is 0. The Hall–Kier alpha value is -1.80. The van der Waals surface area contributed by atoms with Crippen LogP contribution in [0.2, 0.25) is 0 Å². The summed E-state index contributed by atoms with van der Waals surface area (Å²) < 4.78 is 0. The second-order valence-corrected chi connectivity index (χ2v) is 5.65. The molecular formula is C18H22N2. The van der Waals surface area contributed by atoms with Gasteiger partial charge in [0.25, 0.3) is 0 Å². The first-order valence-electron chi connectivity index (χ1n) is 7.51. The van der Waals surface area contributed by atoms with Crippen LogP contribution in [-0.2, 0) is 0 Å². The van der Waals surface area contributed by atoms with Gasteiger partial charge in [-0.3, -0.25) is 5.01 Å². The van der Waals surface area contributed by atoms with Gasteiger partial charge in [0.2, 0.25) is 0 Å². The SMILES string of the molecule is C[C@H]1CCC[C@H]1NN(c1ccccc1)c1ccccc1. The Kier molecular flexibility index (Phi) is 4.03. The van der Waals surface area contributed by atoms with Crippen molar-refractivity contribution in [2.75, 3.05) is 5.01 Å². The molecule has 2 nitrogen and oxygen atoms in total. The van der Waals surface area contributed by atoms with Crippen LogP contribution in [0.1, 0.15) is 26.2 Å². The third-order valence-electron chi connectivity index (χ3n) is 4.19. The minimum absolute atomic E-state index is 0.565. The largest absolute Gasteiger partial charge is 0.277 e. The molecule has 0 aliphatic heterocycles. The quantitative estimate of drug-likeness (QED) is 0.819. The van der Waals surface area contributed by atoms with Gasteiger partial charge in [0.15, 0.2) is 0 Å². The minimum Gasteiger partial charge on any atom is -0.277 e. The molecule has 3 rings (SSSR count). The van der Waals surface area contributed by atoms with E-state index < -0.39 is 0 Å². The third kappa shape index (κ3) is 2.86. The molecule has 2 aromatic rings. The fourth-order valence-electron chi connectivity index (χ4n) is 2.96. The standard InChI is InChI=1S/C18H22N2/c1-15-9-8-14-18(15)19-20(16-10-4-2-5-11-16)17-12-6-3-7-13-17/h2-7,10-13,15,18-19H,8-9,14H2,1H3/t15-,18+/m0/s1. The number of nitrogens with one attached hydrogen (secondary N) is 1. The van der Waals surface area contributed by atoms with Gasteiger partial charge >= 0.3 is 0 Å². The molecular weight excluding hydrogens is 244 g/mol. The summed E-state index contributed by atoms with van der Waals surface area (Å²) >= 11 is 0. The van der Waals surface area contributed by atoms with Gasteiger partial charge in [-0.2, -0.15) is 0 Å². The minimum atomic E-state index is 0.565. The second kappa shape index (κ2) is 6.10. The maximum absolute atomic E-state index is 3.73. The molecule has 0 radical (unpaired) electrons. The molecule has 0 amide bonds. The highest BCUT2D eigenvalue weighted by Crippen LogP contribution is 2.29. The molecule has 0 unspecified atom stereocenters. The first-order chi connectivity index (χ1) is 9.84. The van der Waals surface area contributed by atoms with Crippen molar-refractivity contribution >= 4 is 11.4 Å². The fourth-order valence-corrected chi connectivity index (χ4v) is 2.96. The first-order valence-corrected chi connectivity index (χ1v) is 7.51. The smallest absolute Gasteiger partial charge is 0.0577 e. The van der Waals surface area contributed by atoms with E-state index in [9.17, 15) is 0 Å². The van der Waals surface area contributed by atoms with Crippen LogP contribution in [0.15, 0.2) is 60.7 Å². The van der Waals surface area contributed by atoms with Gasteiger partial charge in [-0.15, -0.1) is 0 Å². The highest BCUT2D eigenvalue weighted by molar-refractivity contribution is 5.61. The molecule has 0 spiro atoms. The Balaban J connectivity index is 1.88. The van der Waals surface area contributed by atoms with Crippen molar-refractivity contribution in [1.82, 2.24) is 5.43 Å². The third-order valence-corrected chi connectivity index (χ3v) is 4.19. The Morgan fingerprint density at radius 1 is 0.850 bits per heavy atom. The van der Waals surface area contributed by atoms with Gasteiger partial charge in [-0.25, -0.2) is 5.43 Å². The summed E-state index contributed by atoms with van der Waals surface area (Å²) in [7, 11) is 0. The van der Waals surface area contributed by atoms with Crippen LogP contribution in [0.5, 0.6) is 0 Å². The molecule has 1 aliphatic carbocycles. The van der Waals surface area contributed by atoms with E-state index in [1.807, 2.05) is 0 Å². The van der Waals surface area contributed by atoms with Crippen molar-refractivity contribution in [2.24, 2.45) is 5.92 Å². The topological polar surface area (TPSA) is 15.3 Å². The van der Waals surface area contributed by atoms with Crippen LogP contribution in [-0.4, -0.2) is 6.04 Å². The Morgan fingerprint density at radius 3 is 1.85 bits per heavy atom. The number of para-hydroxylation sites is 2. The number of rotatable bonds is 4. The van der Waals surface area contributed by atoms with Gasteiger partial charge in [0, 0.05) is 6.04 Å². The summed E-state index contributed by atoms with van der Waals surface area (Å²) in [6, 6.07) is 21.6. The number of hydrogen-bond donors (Lipinski definition) is 1. The van der Waals surface area contributed by atoms with Crippen molar-refractivity contribution in [3.05, 3.63) is 60.7 Å². The molecule has 1 fully saturated rings. The molecule has 0 bridgehead atoms.